The second-order valence-electron chi connectivity index (χ2n) is 4.80. The lowest BCUT2D eigenvalue weighted by Crippen LogP contribution is -2.05. The molecule has 2 aromatic heterocycles. The van der Waals surface area contributed by atoms with Gasteiger partial charge < -0.3 is 9.30 Å². The minimum Gasteiger partial charge on any atom is -0.496 e. The van der Waals surface area contributed by atoms with E-state index < -0.39 is 0 Å². The Balaban J connectivity index is 2.02. The van der Waals surface area contributed by atoms with Gasteiger partial charge in [0.15, 0.2) is 11.6 Å². The summed E-state index contributed by atoms with van der Waals surface area (Å²) in [5.41, 5.74) is 1.74. The maximum Gasteiger partial charge on any atom is 0.167 e. The Morgan fingerprint density at radius 1 is 1.09 bits per heavy atom. The zero-order chi connectivity index (χ0) is 15.5. The highest BCUT2D eigenvalue weighted by Gasteiger charge is 2.20. The first kappa shape index (κ1) is 14.6. The Morgan fingerprint density at radius 2 is 1.86 bits per heavy atom. The molecule has 0 bridgehead atoms. The number of hydrogen-bond acceptors (Lipinski definition) is 5. The van der Waals surface area contributed by atoms with Crippen molar-refractivity contribution in [1.82, 2.24) is 19.7 Å². The normalized spacial score (nSPS) is 12.1. The lowest BCUT2D eigenvalue weighted by Gasteiger charge is -2.11. The summed E-state index contributed by atoms with van der Waals surface area (Å²) in [7, 11) is 3.56. The zero-order valence-corrected chi connectivity index (χ0v) is 13.2. The number of para-hydroxylation sites is 1. The number of rotatable bonds is 4. The molecule has 3 rings (SSSR count). The molecule has 6 heteroatoms. The Kier molecular flexibility index (Phi) is 4.11. The maximum atomic E-state index is 5.40. The number of aromatic nitrogens is 4. The summed E-state index contributed by atoms with van der Waals surface area (Å²) in [4.78, 5) is 4.33. The van der Waals surface area contributed by atoms with Gasteiger partial charge in [-0.3, -0.25) is 4.98 Å². The van der Waals surface area contributed by atoms with Crippen molar-refractivity contribution in [2.45, 2.75) is 5.25 Å². The minimum absolute atomic E-state index is 0.234. The van der Waals surface area contributed by atoms with Crippen LogP contribution in [0.3, 0.4) is 0 Å². The van der Waals surface area contributed by atoms with Crippen LogP contribution in [0, 0.1) is 0 Å². The van der Waals surface area contributed by atoms with Gasteiger partial charge in [-0.1, -0.05) is 18.2 Å². The SMILES string of the molecule is COc1ccccc1-c1nnc(C(S)c2ccccn2)n1C. The Bertz CT molecular complexity index is 773. The van der Waals surface area contributed by atoms with Crippen molar-refractivity contribution in [3.63, 3.8) is 0 Å². The van der Waals surface area contributed by atoms with Crippen molar-refractivity contribution >= 4 is 12.6 Å². The molecular formula is C16H16N4OS. The van der Waals surface area contributed by atoms with Crippen LogP contribution in [0.1, 0.15) is 16.8 Å². The van der Waals surface area contributed by atoms with Gasteiger partial charge >= 0.3 is 0 Å². The Morgan fingerprint density at radius 3 is 2.59 bits per heavy atom. The van der Waals surface area contributed by atoms with E-state index in [1.165, 1.54) is 0 Å². The quantitative estimate of drug-likeness (QED) is 0.753. The number of benzene rings is 1. The predicted molar refractivity (Wildman–Crippen MR) is 88.1 cm³/mol. The fourth-order valence-electron chi connectivity index (χ4n) is 2.31. The molecule has 0 aliphatic rings. The highest BCUT2D eigenvalue weighted by molar-refractivity contribution is 7.80. The van der Waals surface area contributed by atoms with Crippen molar-refractivity contribution in [2.75, 3.05) is 7.11 Å². The van der Waals surface area contributed by atoms with Crippen LogP contribution < -0.4 is 4.74 Å². The minimum atomic E-state index is -0.234. The number of nitrogens with zero attached hydrogens (tertiary/aromatic N) is 4. The van der Waals surface area contributed by atoms with E-state index >= 15 is 0 Å². The van der Waals surface area contributed by atoms with Crippen LogP contribution >= 0.6 is 12.6 Å². The first-order valence-corrected chi connectivity index (χ1v) is 7.35. The van der Waals surface area contributed by atoms with Crippen molar-refractivity contribution < 1.29 is 4.74 Å². The molecule has 0 radical (unpaired) electrons. The van der Waals surface area contributed by atoms with Crippen molar-refractivity contribution in [3.8, 4) is 17.1 Å². The van der Waals surface area contributed by atoms with Crippen molar-refractivity contribution in [1.29, 1.82) is 0 Å². The van der Waals surface area contributed by atoms with Crippen LogP contribution in [0.25, 0.3) is 11.4 Å². The second kappa shape index (κ2) is 6.19. The number of thiol groups is 1. The smallest absolute Gasteiger partial charge is 0.167 e. The van der Waals surface area contributed by atoms with Gasteiger partial charge in [0.05, 0.1) is 18.4 Å². The molecule has 2 heterocycles. The van der Waals surface area contributed by atoms with Crippen molar-refractivity contribution in [2.24, 2.45) is 7.05 Å². The monoisotopic (exact) mass is 312 g/mol. The summed E-state index contributed by atoms with van der Waals surface area (Å²) in [5.74, 6) is 2.24. The van der Waals surface area contributed by atoms with E-state index in [1.54, 1.807) is 13.3 Å². The first-order valence-electron chi connectivity index (χ1n) is 6.84. The van der Waals surface area contributed by atoms with Gasteiger partial charge in [0.25, 0.3) is 0 Å². The molecule has 1 unspecified atom stereocenters. The fourth-order valence-corrected chi connectivity index (χ4v) is 2.69. The van der Waals surface area contributed by atoms with Crippen LogP contribution in [0.15, 0.2) is 48.7 Å². The van der Waals surface area contributed by atoms with Gasteiger partial charge in [-0.15, -0.1) is 10.2 Å². The fraction of sp³-hybridized carbons (Fsp3) is 0.188. The molecule has 1 aromatic carbocycles. The Hall–Kier alpha value is -2.34. The van der Waals surface area contributed by atoms with Gasteiger partial charge in [0, 0.05) is 13.2 Å². The molecule has 1 atom stereocenters. The molecular weight excluding hydrogens is 296 g/mol. The molecule has 0 aliphatic carbocycles. The van der Waals surface area contributed by atoms with Gasteiger partial charge in [0.1, 0.15) is 11.0 Å². The third-order valence-electron chi connectivity index (χ3n) is 3.47. The Labute approximate surface area is 134 Å². The molecule has 0 spiro atoms. The average Bonchev–Trinajstić information content (AvgIpc) is 2.96. The van der Waals surface area contributed by atoms with E-state index in [4.69, 9.17) is 4.74 Å². The van der Waals surface area contributed by atoms with Crippen LogP contribution in [-0.2, 0) is 7.05 Å². The summed E-state index contributed by atoms with van der Waals surface area (Å²) in [6.45, 7) is 0. The lowest BCUT2D eigenvalue weighted by molar-refractivity contribution is 0.416. The first-order chi connectivity index (χ1) is 10.7. The van der Waals surface area contributed by atoms with E-state index in [-0.39, 0.29) is 5.25 Å². The molecule has 0 fully saturated rings. The third-order valence-corrected chi connectivity index (χ3v) is 3.96. The topological polar surface area (TPSA) is 52.8 Å². The number of methoxy groups -OCH3 is 1. The molecule has 112 valence electrons. The van der Waals surface area contributed by atoms with E-state index in [0.29, 0.717) is 0 Å². The van der Waals surface area contributed by atoms with Crippen LogP contribution in [0.2, 0.25) is 0 Å². The highest BCUT2D eigenvalue weighted by atomic mass is 32.1. The lowest BCUT2D eigenvalue weighted by atomic mass is 10.2. The maximum absolute atomic E-state index is 5.40. The molecule has 3 aromatic rings. The largest absolute Gasteiger partial charge is 0.496 e. The number of ether oxygens (including phenoxy) is 1. The molecule has 0 saturated heterocycles. The second-order valence-corrected chi connectivity index (χ2v) is 5.31. The van der Waals surface area contributed by atoms with E-state index in [9.17, 15) is 0 Å². The van der Waals surface area contributed by atoms with E-state index in [1.807, 2.05) is 54.1 Å². The van der Waals surface area contributed by atoms with E-state index in [0.717, 1.165) is 28.7 Å². The van der Waals surface area contributed by atoms with Crippen LogP contribution in [0.4, 0.5) is 0 Å². The zero-order valence-electron chi connectivity index (χ0n) is 12.3. The summed E-state index contributed by atoms with van der Waals surface area (Å²) < 4.78 is 7.32. The molecule has 5 nitrogen and oxygen atoms in total. The summed E-state index contributed by atoms with van der Waals surface area (Å²) in [5, 5.41) is 8.35. The van der Waals surface area contributed by atoms with Crippen LogP contribution in [0.5, 0.6) is 5.75 Å². The molecule has 0 N–H and O–H groups in total. The van der Waals surface area contributed by atoms with Gasteiger partial charge in [-0.2, -0.15) is 12.6 Å². The summed E-state index contributed by atoms with van der Waals surface area (Å²) >= 11 is 4.64. The van der Waals surface area contributed by atoms with Gasteiger partial charge in [0.2, 0.25) is 0 Å². The molecule has 22 heavy (non-hydrogen) atoms. The average molecular weight is 312 g/mol. The number of hydrogen-bond donors (Lipinski definition) is 1. The summed E-state index contributed by atoms with van der Waals surface area (Å²) in [6.07, 6.45) is 1.75. The standard InChI is InChI=1S/C16H16N4OS/c1-20-15(11-7-3-4-9-13(11)21-2)18-19-16(20)14(22)12-8-5-6-10-17-12/h3-10,14,22H,1-2H3. The predicted octanol–water partition coefficient (Wildman–Crippen LogP) is 2.90. The van der Waals surface area contributed by atoms with Crippen LogP contribution in [-0.4, -0.2) is 26.9 Å². The van der Waals surface area contributed by atoms with Gasteiger partial charge in [-0.05, 0) is 24.3 Å². The van der Waals surface area contributed by atoms with Crippen molar-refractivity contribution in [3.05, 3.63) is 60.2 Å². The highest BCUT2D eigenvalue weighted by Crippen LogP contribution is 2.31. The van der Waals surface area contributed by atoms with Gasteiger partial charge in [-0.25, -0.2) is 0 Å². The summed E-state index contributed by atoms with van der Waals surface area (Å²) in [6, 6.07) is 13.5. The molecule has 0 amide bonds. The third kappa shape index (κ3) is 2.57. The molecule has 0 aliphatic heterocycles. The number of pyridine rings is 1. The molecule has 0 saturated carbocycles. The van der Waals surface area contributed by atoms with E-state index in [2.05, 4.69) is 27.8 Å².